The first-order chi connectivity index (χ1) is 7.49. The second-order valence-corrected chi connectivity index (χ2v) is 3.17. The largest absolute Gasteiger partial charge is 0.575 e. The van der Waals surface area contributed by atoms with Crippen LogP contribution < -0.4 is 0 Å². The number of hydrogen-bond donors (Lipinski definition) is 0. The first-order valence-electron chi connectivity index (χ1n) is 4.63. The molecule has 2 rings (SSSR count). The Labute approximate surface area is 90.2 Å². The van der Waals surface area contributed by atoms with Crippen LogP contribution in [0.1, 0.15) is 12.8 Å². The zero-order chi connectivity index (χ0) is 12.0. The van der Waals surface area contributed by atoms with Crippen molar-refractivity contribution in [1.29, 1.82) is 0 Å². The number of nitrogens with zero attached hydrogens (tertiary/aromatic N) is 1. The van der Waals surface area contributed by atoms with Crippen molar-refractivity contribution in [3.8, 4) is 0 Å². The predicted molar refractivity (Wildman–Crippen MR) is 49.1 cm³/mol. The third-order valence-corrected chi connectivity index (χ3v) is 1.69. The molecular formula is C10H10F3NO2. The minimum absolute atomic E-state index is 0.498. The Morgan fingerprint density at radius 1 is 1.19 bits per heavy atom. The molecule has 0 aliphatic heterocycles. The molecule has 3 nitrogen and oxygen atoms in total. The zero-order valence-corrected chi connectivity index (χ0v) is 8.28. The molecule has 6 heteroatoms. The summed E-state index contributed by atoms with van der Waals surface area (Å²) in [6.45, 7) is 0. The Morgan fingerprint density at radius 3 is 2.00 bits per heavy atom. The molecule has 0 aromatic carbocycles. The fraction of sp³-hybridized carbons (Fsp3) is 0.400. The summed E-state index contributed by atoms with van der Waals surface area (Å²) in [7, 11) is 0. The van der Waals surface area contributed by atoms with E-state index in [9.17, 15) is 18.0 Å². The molecule has 0 radical (unpaired) electrons. The molecule has 0 N–H and O–H groups in total. The predicted octanol–water partition coefficient (Wildman–Crippen LogP) is 2.54. The fourth-order valence-corrected chi connectivity index (χ4v) is 0.829. The van der Waals surface area contributed by atoms with Crippen molar-refractivity contribution in [1.82, 2.24) is 4.98 Å². The standard InChI is InChI=1S/C5H5F3O2.C5H5N/c6-5(7,8)10-4(9)3-1-2-3;1-2-4-6-5-3-1/h3H,1-2H2;1-5H. The summed E-state index contributed by atoms with van der Waals surface area (Å²) in [4.78, 5) is 14.1. The van der Waals surface area contributed by atoms with Gasteiger partial charge < -0.3 is 4.74 Å². The molecule has 1 heterocycles. The van der Waals surface area contributed by atoms with E-state index < -0.39 is 18.2 Å². The molecule has 1 fully saturated rings. The number of ether oxygens (including phenoxy) is 1. The lowest BCUT2D eigenvalue weighted by Crippen LogP contribution is -2.20. The quantitative estimate of drug-likeness (QED) is 0.700. The van der Waals surface area contributed by atoms with Gasteiger partial charge in [-0.15, -0.1) is 13.2 Å². The van der Waals surface area contributed by atoms with Gasteiger partial charge >= 0.3 is 12.3 Å². The van der Waals surface area contributed by atoms with Crippen LogP contribution in [0.15, 0.2) is 30.6 Å². The van der Waals surface area contributed by atoms with Gasteiger partial charge in [0, 0.05) is 12.4 Å². The molecule has 0 unspecified atom stereocenters. The molecule has 0 saturated heterocycles. The van der Waals surface area contributed by atoms with Crippen molar-refractivity contribution in [2.24, 2.45) is 5.92 Å². The van der Waals surface area contributed by atoms with Gasteiger partial charge in [-0.25, -0.2) is 0 Å². The second-order valence-electron chi connectivity index (χ2n) is 3.17. The fourth-order valence-electron chi connectivity index (χ4n) is 0.829. The minimum atomic E-state index is -4.81. The van der Waals surface area contributed by atoms with Crippen molar-refractivity contribution in [3.63, 3.8) is 0 Å². The Balaban J connectivity index is 0.000000181. The summed E-state index contributed by atoms with van der Waals surface area (Å²) < 4.78 is 36.9. The van der Waals surface area contributed by atoms with Gasteiger partial charge in [0.25, 0.3) is 0 Å². The molecule has 88 valence electrons. The van der Waals surface area contributed by atoms with E-state index in [1.165, 1.54) is 0 Å². The molecular weight excluding hydrogens is 223 g/mol. The second kappa shape index (κ2) is 5.48. The Morgan fingerprint density at radius 2 is 1.75 bits per heavy atom. The smallest absolute Gasteiger partial charge is 0.373 e. The number of esters is 1. The van der Waals surface area contributed by atoms with Crippen molar-refractivity contribution in [2.75, 3.05) is 0 Å². The van der Waals surface area contributed by atoms with Gasteiger partial charge in [0.1, 0.15) is 0 Å². The highest BCUT2D eigenvalue weighted by atomic mass is 19.4. The van der Waals surface area contributed by atoms with E-state index in [1.54, 1.807) is 12.4 Å². The highest BCUT2D eigenvalue weighted by Gasteiger charge is 2.40. The van der Waals surface area contributed by atoms with E-state index in [2.05, 4.69) is 9.72 Å². The van der Waals surface area contributed by atoms with Crippen molar-refractivity contribution in [3.05, 3.63) is 30.6 Å². The molecule has 0 amide bonds. The summed E-state index contributed by atoms with van der Waals surface area (Å²) in [6, 6.07) is 5.72. The Bertz CT molecular complexity index is 296. The number of halogens is 3. The monoisotopic (exact) mass is 233 g/mol. The van der Waals surface area contributed by atoms with Crippen molar-refractivity contribution >= 4 is 5.97 Å². The Kier molecular flexibility index (Phi) is 4.28. The number of pyridine rings is 1. The van der Waals surface area contributed by atoms with Crippen LogP contribution in [0.5, 0.6) is 0 Å². The van der Waals surface area contributed by atoms with Gasteiger partial charge in [-0.2, -0.15) is 0 Å². The third-order valence-electron chi connectivity index (χ3n) is 1.69. The van der Waals surface area contributed by atoms with Gasteiger partial charge in [0.2, 0.25) is 0 Å². The van der Waals surface area contributed by atoms with Gasteiger partial charge in [-0.05, 0) is 25.0 Å². The van der Waals surface area contributed by atoms with Gasteiger partial charge in [-0.1, -0.05) is 6.07 Å². The number of carbonyl (C=O) groups excluding carboxylic acids is 1. The molecule has 1 aromatic heterocycles. The molecule has 1 aliphatic rings. The lowest BCUT2D eigenvalue weighted by atomic mass is 10.4. The van der Waals surface area contributed by atoms with Crippen LogP contribution in [0.2, 0.25) is 0 Å². The van der Waals surface area contributed by atoms with Crippen LogP contribution in [0.4, 0.5) is 13.2 Å². The highest BCUT2D eigenvalue weighted by molar-refractivity contribution is 5.75. The average molecular weight is 233 g/mol. The normalized spacial score (nSPS) is 14.7. The number of rotatable bonds is 1. The number of alkyl halides is 3. The van der Waals surface area contributed by atoms with E-state index in [0.717, 1.165) is 0 Å². The molecule has 0 bridgehead atoms. The topological polar surface area (TPSA) is 39.2 Å². The molecule has 16 heavy (non-hydrogen) atoms. The van der Waals surface area contributed by atoms with Crippen molar-refractivity contribution < 1.29 is 22.7 Å². The minimum Gasteiger partial charge on any atom is -0.373 e. The van der Waals surface area contributed by atoms with Crippen molar-refractivity contribution in [2.45, 2.75) is 19.2 Å². The van der Waals surface area contributed by atoms with Crippen LogP contribution in [-0.4, -0.2) is 17.3 Å². The highest BCUT2D eigenvalue weighted by Crippen LogP contribution is 2.32. The van der Waals surface area contributed by atoms with Crippen LogP contribution in [0.3, 0.4) is 0 Å². The SMILES string of the molecule is O=C(OC(F)(F)F)C1CC1.c1ccncc1. The summed E-state index contributed by atoms with van der Waals surface area (Å²) in [5, 5.41) is 0. The van der Waals surface area contributed by atoms with E-state index >= 15 is 0 Å². The van der Waals surface area contributed by atoms with E-state index in [4.69, 9.17) is 0 Å². The van der Waals surface area contributed by atoms with Gasteiger partial charge in [-0.3, -0.25) is 9.78 Å². The van der Waals surface area contributed by atoms with Crippen LogP contribution in [-0.2, 0) is 9.53 Å². The van der Waals surface area contributed by atoms with E-state index in [0.29, 0.717) is 12.8 Å². The van der Waals surface area contributed by atoms with Crippen LogP contribution in [0.25, 0.3) is 0 Å². The Hall–Kier alpha value is -1.59. The number of aromatic nitrogens is 1. The summed E-state index contributed by atoms with van der Waals surface area (Å²) in [6.07, 6.45) is -0.260. The molecule has 0 atom stereocenters. The summed E-state index contributed by atoms with van der Waals surface area (Å²) in [5.41, 5.74) is 0. The maximum atomic E-state index is 11.3. The first-order valence-corrected chi connectivity index (χ1v) is 4.63. The van der Waals surface area contributed by atoms with E-state index in [1.807, 2.05) is 18.2 Å². The zero-order valence-electron chi connectivity index (χ0n) is 8.28. The number of hydrogen-bond acceptors (Lipinski definition) is 3. The number of carbonyl (C=O) groups is 1. The average Bonchev–Trinajstić information content (AvgIpc) is 3.02. The maximum absolute atomic E-state index is 11.3. The lowest BCUT2D eigenvalue weighted by molar-refractivity contribution is -0.306. The van der Waals surface area contributed by atoms with Crippen LogP contribution >= 0.6 is 0 Å². The molecule has 1 aliphatic carbocycles. The maximum Gasteiger partial charge on any atom is 0.575 e. The lowest BCUT2D eigenvalue weighted by Gasteiger charge is -2.04. The molecule has 0 spiro atoms. The molecule has 1 aromatic rings. The first kappa shape index (κ1) is 12.5. The summed E-state index contributed by atoms with van der Waals surface area (Å²) >= 11 is 0. The van der Waals surface area contributed by atoms with Crippen LogP contribution in [0, 0.1) is 5.92 Å². The van der Waals surface area contributed by atoms with E-state index in [-0.39, 0.29) is 0 Å². The van der Waals surface area contributed by atoms with Gasteiger partial charge in [0.05, 0.1) is 5.92 Å². The van der Waals surface area contributed by atoms with Gasteiger partial charge in [0.15, 0.2) is 0 Å². The summed E-state index contributed by atoms with van der Waals surface area (Å²) in [5.74, 6) is -1.64. The molecule has 1 saturated carbocycles. The third kappa shape index (κ3) is 6.00.